The molecule has 1 aliphatic heterocycles. The predicted molar refractivity (Wildman–Crippen MR) is 97.0 cm³/mol. The SMILES string of the molecule is CN(C)[C@@H](CNC(=O)N1CCC[C@H]1C(C)(C)O)Cc1ccccc1. The molecular weight excluding hydrogens is 302 g/mol. The number of carbonyl (C=O) groups is 1. The molecule has 0 spiro atoms. The number of hydrogen-bond acceptors (Lipinski definition) is 3. The second-order valence-electron chi connectivity index (χ2n) is 7.50. The number of nitrogens with one attached hydrogen (secondary N) is 1. The number of hydrogen-bond donors (Lipinski definition) is 2. The molecule has 2 rings (SSSR count). The summed E-state index contributed by atoms with van der Waals surface area (Å²) in [4.78, 5) is 16.5. The molecule has 1 heterocycles. The Labute approximate surface area is 145 Å². The summed E-state index contributed by atoms with van der Waals surface area (Å²) in [5.41, 5.74) is 0.403. The van der Waals surface area contributed by atoms with E-state index in [1.54, 1.807) is 18.7 Å². The van der Waals surface area contributed by atoms with E-state index in [1.807, 2.05) is 32.3 Å². The molecule has 0 aromatic heterocycles. The van der Waals surface area contributed by atoms with Crippen LogP contribution in [0.2, 0.25) is 0 Å². The van der Waals surface area contributed by atoms with Gasteiger partial charge in [0.25, 0.3) is 0 Å². The maximum atomic E-state index is 12.6. The summed E-state index contributed by atoms with van der Waals surface area (Å²) in [5.74, 6) is 0. The fourth-order valence-electron chi connectivity index (χ4n) is 3.37. The highest BCUT2D eigenvalue weighted by atomic mass is 16.3. The maximum absolute atomic E-state index is 12.6. The fraction of sp³-hybridized carbons (Fsp3) is 0.632. The monoisotopic (exact) mass is 333 g/mol. The molecule has 5 nitrogen and oxygen atoms in total. The molecule has 1 saturated heterocycles. The Morgan fingerprint density at radius 3 is 2.62 bits per heavy atom. The lowest BCUT2D eigenvalue weighted by Crippen LogP contribution is -2.53. The first-order valence-corrected chi connectivity index (χ1v) is 8.76. The quantitative estimate of drug-likeness (QED) is 0.838. The number of rotatable bonds is 6. The third kappa shape index (κ3) is 4.95. The molecule has 1 aromatic rings. The Morgan fingerprint density at radius 1 is 1.38 bits per heavy atom. The average molecular weight is 333 g/mol. The molecule has 0 aliphatic carbocycles. The molecule has 0 bridgehead atoms. The minimum atomic E-state index is -0.862. The minimum Gasteiger partial charge on any atom is -0.388 e. The highest BCUT2D eigenvalue weighted by Crippen LogP contribution is 2.26. The van der Waals surface area contributed by atoms with E-state index in [1.165, 1.54) is 5.56 Å². The maximum Gasteiger partial charge on any atom is 0.317 e. The van der Waals surface area contributed by atoms with Gasteiger partial charge in [0.1, 0.15) is 0 Å². The molecule has 0 saturated carbocycles. The first-order chi connectivity index (χ1) is 11.3. The molecular formula is C19H31N3O2. The first-order valence-electron chi connectivity index (χ1n) is 8.76. The van der Waals surface area contributed by atoms with E-state index in [0.717, 1.165) is 19.3 Å². The first kappa shape index (κ1) is 18.7. The van der Waals surface area contributed by atoms with Crippen molar-refractivity contribution in [1.82, 2.24) is 15.1 Å². The van der Waals surface area contributed by atoms with E-state index in [-0.39, 0.29) is 18.1 Å². The van der Waals surface area contributed by atoms with Crippen LogP contribution in [0, 0.1) is 0 Å². The molecule has 2 amide bonds. The molecule has 2 N–H and O–H groups in total. The molecule has 2 atom stereocenters. The summed E-state index contributed by atoms with van der Waals surface area (Å²) in [6.45, 7) is 4.87. The zero-order chi connectivity index (χ0) is 17.7. The standard InChI is InChI=1S/C19H31N3O2/c1-19(2,24)17-11-8-12-22(17)18(23)20-14-16(21(3)4)13-15-9-6-5-7-10-15/h5-7,9-10,16-17,24H,8,11-14H2,1-4H3,(H,20,23)/t16-,17+/m1/s1. The highest BCUT2D eigenvalue weighted by molar-refractivity contribution is 5.75. The lowest BCUT2D eigenvalue weighted by molar-refractivity contribution is 0.00967. The Bertz CT molecular complexity index is 525. The number of amides is 2. The van der Waals surface area contributed by atoms with Crippen molar-refractivity contribution >= 4 is 6.03 Å². The largest absolute Gasteiger partial charge is 0.388 e. The van der Waals surface area contributed by atoms with Gasteiger partial charge in [0.15, 0.2) is 0 Å². The van der Waals surface area contributed by atoms with E-state index in [0.29, 0.717) is 13.1 Å². The highest BCUT2D eigenvalue weighted by Gasteiger charge is 2.38. The van der Waals surface area contributed by atoms with Crippen molar-refractivity contribution in [2.24, 2.45) is 0 Å². The van der Waals surface area contributed by atoms with Gasteiger partial charge in [-0.25, -0.2) is 4.79 Å². The van der Waals surface area contributed by atoms with E-state index in [2.05, 4.69) is 22.3 Å². The van der Waals surface area contributed by atoms with Gasteiger partial charge in [-0.3, -0.25) is 0 Å². The summed E-state index contributed by atoms with van der Waals surface area (Å²) in [6, 6.07) is 10.4. The third-order valence-corrected chi connectivity index (χ3v) is 4.86. The zero-order valence-corrected chi connectivity index (χ0v) is 15.3. The number of urea groups is 1. The van der Waals surface area contributed by atoms with E-state index in [4.69, 9.17) is 0 Å². The number of carbonyl (C=O) groups excluding carboxylic acids is 1. The van der Waals surface area contributed by atoms with Crippen LogP contribution in [0.5, 0.6) is 0 Å². The van der Waals surface area contributed by atoms with Crippen LogP contribution in [0.25, 0.3) is 0 Å². The molecule has 24 heavy (non-hydrogen) atoms. The van der Waals surface area contributed by atoms with Gasteiger partial charge in [-0.15, -0.1) is 0 Å². The molecule has 5 heteroatoms. The van der Waals surface area contributed by atoms with Crippen LogP contribution in [0.3, 0.4) is 0 Å². The van der Waals surface area contributed by atoms with Gasteiger partial charge in [0, 0.05) is 19.1 Å². The van der Waals surface area contributed by atoms with Crippen LogP contribution in [-0.2, 0) is 6.42 Å². The Hall–Kier alpha value is -1.59. The Balaban J connectivity index is 1.93. The number of likely N-dealkylation sites (tertiary alicyclic amines) is 1. The van der Waals surface area contributed by atoms with Crippen molar-refractivity contribution in [2.75, 3.05) is 27.2 Å². The molecule has 1 aromatic carbocycles. The third-order valence-electron chi connectivity index (χ3n) is 4.86. The molecule has 134 valence electrons. The van der Waals surface area contributed by atoms with Gasteiger partial charge in [-0.2, -0.15) is 0 Å². The van der Waals surface area contributed by atoms with Crippen LogP contribution >= 0.6 is 0 Å². The normalized spacial score (nSPS) is 19.6. The van der Waals surface area contributed by atoms with Gasteiger partial charge in [-0.05, 0) is 52.8 Å². The summed E-state index contributed by atoms with van der Waals surface area (Å²) in [7, 11) is 4.07. The van der Waals surface area contributed by atoms with E-state index >= 15 is 0 Å². The molecule has 1 fully saturated rings. The van der Waals surface area contributed by atoms with Gasteiger partial charge in [0.05, 0.1) is 11.6 Å². The smallest absolute Gasteiger partial charge is 0.317 e. The Kier molecular flexibility index (Phi) is 6.24. The van der Waals surface area contributed by atoms with Crippen molar-refractivity contribution in [2.45, 2.75) is 50.8 Å². The van der Waals surface area contributed by atoms with Crippen molar-refractivity contribution in [1.29, 1.82) is 0 Å². The van der Waals surface area contributed by atoms with Crippen LogP contribution in [0.4, 0.5) is 4.79 Å². The zero-order valence-electron chi connectivity index (χ0n) is 15.3. The summed E-state index contributed by atoms with van der Waals surface area (Å²) in [6.07, 6.45) is 2.70. The van der Waals surface area contributed by atoms with Gasteiger partial charge < -0.3 is 20.2 Å². The fourth-order valence-corrected chi connectivity index (χ4v) is 3.37. The summed E-state index contributed by atoms with van der Waals surface area (Å²) >= 11 is 0. The van der Waals surface area contributed by atoms with Crippen molar-refractivity contribution in [3.8, 4) is 0 Å². The van der Waals surface area contributed by atoms with Gasteiger partial charge >= 0.3 is 6.03 Å². The lowest BCUT2D eigenvalue weighted by Gasteiger charge is -2.34. The predicted octanol–water partition coefficient (Wildman–Crippen LogP) is 2.10. The van der Waals surface area contributed by atoms with E-state index < -0.39 is 5.60 Å². The van der Waals surface area contributed by atoms with Crippen LogP contribution in [-0.4, -0.2) is 65.8 Å². The van der Waals surface area contributed by atoms with Crippen molar-refractivity contribution in [3.63, 3.8) is 0 Å². The molecule has 0 radical (unpaired) electrons. The second kappa shape index (κ2) is 7.99. The van der Waals surface area contributed by atoms with Crippen LogP contribution < -0.4 is 5.32 Å². The van der Waals surface area contributed by atoms with Gasteiger partial charge in [-0.1, -0.05) is 30.3 Å². The molecule has 0 unspecified atom stereocenters. The lowest BCUT2D eigenvalue weighted by atomic mass is 9.97. The van der Waals surface area contributed by atoms with Crippen molar-refractivity contribution in [3.05, 3.63) is 35.9 Å². The average Bonchev–Trinajstić information content (AvgIpc) is 3.01. The molecule has 1 aliphatic rings. The number of nitrogens with zero attached hydrogens (tertiary/aromatic N) is 2. The minimum absolute atomic E-state index is 0.0699. The number of likely N-dealkylation sites (N-methyl/N-ethyl adjacent to an activating group) is 1. The van der Waals surface area contributed by atoms with Crippen LogP contribution in [0.15, 0.2) is 30.3 Å². The van der Waals surface area contributed by atoms with Crippen molar-refractivity contribution < 1.29 is 9.90 Å². The number of benzene rings is 1. The Morgan fingerprint density at radius 2 is 2.04 bits per heavy atom. The van der Waals surface area contributed by atoms with Crippen LogP contribution in [0.1, 0.15) is 32.3 Å². The number of aliphatic hydroxyl groups is 1. The summed E-state index contributed by atoms with van der Waals surface area (Å²) < 4.78 is 0. The van der Waals surface area contributed by atoms with Gasteiger partial charge in [0.2, 0.25) is 0 Å². The second-order valence-corrected chi connectivity index (χ2v) is 7.50. The van der Waals surface area contributed by atoms with E-state index in [9.17, 15) is 9.90 Å². The topological polar surface area (TPSA) is 55.8 Å². The summed E-state index contributed by atoms with van der Waals surface area (Å²) in [5, 5.41) is 13.3.